The first-order valence-corrected chi connectivity index (χ1v) is 10.7. The van der Waals surface area contributed by atoms with E-state index in [0.717, 1.165) is 39.0 Å². The number of likely N-dealkylation sites (N-methyl/N-ethyl adjacent to an activating group) is 1. The molecule has 1 amide bonds. The molecule has 2 aromatic rings. The molecule has 154 valence electrons. The van der Waals surface area contributed by atoms with E-state index in [2.05, 4.69) is 42.3 Å². The predicted octanol–water partition coefficient (Wildman–Crippen LogP) is 2.97. The van der Waals surface area contributed by atoms with Crippen molar-refractivity contribution in [3.05, 3.63) is 70.6 Å². The molecule has 2 aliphatic heterocycles. The first-order chi connectivity index (χ1) is 14.0. The third-order valence-corrected chi connectivity index (χ3v) is 6.73. The van der Waals surface area contributed by atoms with E-state index in [4.69, 9.17) is 0 Å². The maximum Gasteiger partial charge on any atom is 0.250 e. The molecule has 1 aromatic heterocycles. The van der Waals surface area contributed by atoms with Crippen LogP contribution in [0.1, 0.15) is 37.2 Å². The van der Waals surface area contributed by atoms with Crippen LogP contribution < -0.4 is 5.56 Å². The second kappa shape index (κ2) is 8.54. The monoisotopic (exact) mass is 393 g/mol. The normalized spacial score (nSPS) is 22.0. The van der Waals surface area contributed by atoms with Crippen LogP contribution in [0.5, 0.6) is 0 Å². The van der Waals surface area contributed by atoms with E-state index >= 15 is 0 Å². The van der Waals surface area contributed by atoms with Gasteiger partial charge in [0.25, 0.3) is 5.56 Å². The Kier molecular flexibility index (Phi) is 5.86. The van der Waals surface area contributed by atoms with E-state index in [1.807, 2.05) is 11.0 Å². The zero-order valence-electron chi connectivity index (χ0n) is 17.3. The SMILES string of the molecule is CN1C[C@H](c2ccccc2)CC2(CCN(C(=O)CCn3ccccc3=O)CC2)C1. The molecule has 2 fully saturated rings. The summed E-state index contributed by atoms with van der Waals surface area (Å²) in [5.41, 5.74) is 1.70. The average molecular weight is 394 g/mol. The molecule has 5 nitrogen and oxygen atoms in total. The molecule has 0 unspecified atom stereocenters. The van der Waals surface area contributed by atoms with Gasteiger partial charge < -0.3 is 14.4 Å². The van der Waals surface area contributed by atoms with Crippen LogP contribution in [0.4, 0.5) is 0 Å². The highest BCUT2D eigenvalue weighted by Gasteiger charge is 2.41. The smallest absolute Gasteiger partial charge is 0.250 e. The van der Waals surface area contributed by atoms with Gasteiger partial charge in [-0.2, -0.15) is 0 Å². The van der Waals surface area contributed by atoms with E-state index in [0.29, 0.717) is 24.3 Å². The van der Waals surface area contributed by atoms with Gasteiger partial charge in [-0.3, -0.25) is 9.59 Å². The molecule has 29 heavy (non-hydrogen) atoms. The number of piperidine rings is 2. The molecule has 0 N–H and O–H groups in total. The molecule has 0 aliphatic carbocycles. The van der Waals surface area contributed by atoms with Gasteiger partial charge in [0.05, 0.1) is 0 Å². The largest absolute Gasteiger partial charge is 0.343 e. The van der Waals surface area contributed by atoms with Crippen molar-refractivity contribution < 1.29 is 4.79 Å². The van der Waals surface area contributed by atoms with Crippen molar-refractivity contribution in [1.29, 1.82) is 0 Å². The van der Waals surface area contributed by atoms with Crippen molar-refractivity contribution in [3.8, 4) is 0 Å². The quantitative estimate of drug-likeness (QED) is 0.802. The fourth-order valence-electron chi connectivity index (χ4n) is 5.23. The maximum absolute atomic E-state index is 12.7. The standard InChI is InChI=1S/C24H31N3O2/c1-25-18-21(20-7-3-2-4-8-20)17-24(19-25)11-15-27(16-12-24)23(29)10-14-26-13-6-5-9-22(26)28/h2-9,13,21H,10-12,14-19H2,1H3/t21-/m1/s1. The minimum Gasteiger partial charge on any atom is -0.343 e. The van der Waals surface area contributed by atoms with E-state index in [1.165, 1.54) is 18.1 Å². The van der Waals surface area contributed by atoms with Gasteiger partial charge in [-0.15, -0.1) is 0 Å². The second-order valence-corrected chi connectivity index (χ2v) is 8.87. The summed E-state index contributed by atoms with van der Waals surface area (Å²) in [6.07, 6.45) is 5.49. The summed E-state index contributed by atoms with van der Waals surface area (Å²) in [5.74, 6) is 0.738. The summed E-state index contributed by atoms with van der Waals surface area (Å²) >= 11 is 0. The lowest BCUT2D eigenvalue weighted by Gasteiger charge is -2.49. The lowest BCUT2D eigenvalue weighted by molar-refractivity contribution is -0.134. The zero-order chi connectivity index (χ0) is 20.3. The first-order valence-electron chi connectivity index (χ1n) is 10.7. The van der Waals surface area contributed by atoms with Gasteiger partial charge in [0.15, 0.2) is 0 Å². The number of carbonyl (C=O) groups is 1. The Morgan fingerprint density at radius 3 is 2.52 bits per heavy atom. The Morgan fingerprint density at radius 1 is 1.07 bits per heavy atom. The van der Waals surface area contributed by atoms with Crippen LogP contribution in [0.2, 0.25) is 0 Å². The van der Waals surface area contributed by atoms with Crippen molar-refractivity contribution in [1.82, 2.24) is 14.4 Å². The number of amides is 1. The molecule has 4 rings (SSSR count). The molecule has 2 aliphatic rings. The molecular formula is C24H31N3O2. The molecule has 1 spiro atoms. The highest BCUT2D eigenvalue weighted by molar-refractivity contribution is 5.76. The van der Waals surface area contributed by atoms with Gasteiger partial charge in [0.1, 0.15) is 0 Å². The third-order valence-electron chi connectivity index (χ3n) is 6.73. The minimum absolute atomic E-state index is 0.0462. The first kappa shape index (κ1) is 19.9. The van der Waals surface area contributed by atoms with Crippen LogP contribution in [-0.4, -0.2) is 53.5 Å². The van der Waals surface area contributed by atoms with Crippen LogP contribution in [-0.2, 0) is 11.3 Å². The van der Waals surface area contributed by atoms with Crippen LogP contribution in [0.3, 0.4) is 0 Å². The maximum atomic E-state index is 12.7. The molecule has 2 saturated heterocycles. The van der Waals surface area contributed by atoms with E-state index in [-0.39, 0.29) is 11.5 Å². The summed E-state index contributed by atoms with van der Waals surface area (Å²) < 4.78 is 1.61. The lowest BCUT2D eigenvalue weighted by atomic mass is 9.68. The predicted molar refractivity (Wildman–Crippen MR) is 115 cm³/mol. The van der Waals surface area contributed by atoms with Gasteiger partial charge >= 0.3 is 0 Å². The van der Waals surface area contributed by atoms with Crippen molar-refractivity contribution in [3.63, 3.8) is 0 Å². The number of likely N-dealkylation sites (tertiary alicyclic amines) is 2. The second-order valence-electron chi connectivity index (χ2n) is 8.87. The number of hydrogen-bond acceptors (Lipinski definition) is 3. The summed E-state index contributed by atoms with van der Waals surface area (Å²) in [6, 6.07) is 16.0. The van der Waals surface area contributed by atoms with Crippen molar-refractivity contribution in [2.24, 2.45) is 5.41 Å². The molecule has 0 bridgehead atoms. The van der Waals surface area contributed by atoms with Gasteiger partial charge in [-0.25, -0.2) is 0 Å². The van der Waals surface area contributed by atoms with Crippen molar-refractivity contribution in [2.75, 3.05) is 33.2 Å². The van der Waals surface area contributed by atoms with Crippen LogP contribution >= 0.6 is 0 Å². The number of aryl methyl sites for hydroxylation is 1. The van der Waals surface area contributed by atoms with E-state index < -0.39 is 0 Å². The third kappa shape index (κ3) is 4.61. The number of benzene rings is 1. The molecule has 5 heteroatoms. The molecule has 1 atom stereocenters. The van der Waals surface area contributed by atoms with Gasteiger partial charge in [-0.05, 0) is 49.3 Å². The number of pyridine rings is 1. The van der Waals surface area contributed by atoms with Gasteiger partial charge in [0, 0.05) is 51.4 Å². The Balaban J connectivity index is 1.35. The minimum atomic E-state index is -0.0462. The average Bonchev–Trinajstić information content (AvgIpc) is 2.73. The fraction of sp³-hybridized carbons (Fsp3) is 0.500. The molecule has 3 heterocycles. The Bertz CT molecular complexity index is 884. The highest BCUT2D eigenvalue weighted by atomic mass is 16.2. The number of carbonyl (C=O) groups excluding carboxylic acids is 1. The number of rotatable bonds is 4. The molecular weight excluding hydrogens is 362 g/mol. The summed E-state index contributed by atoms with van der Waals surface area (Å²) in [6.45, 7) is 4.35. The summed E-state index contributed by atoms with van der Waals surface area (Å²) in [4.78, 5) is 29.0. The van der Waals surface area contributed by atoms with E-state index in [9.17, 15) is 9.59 Å². The number of nitrogens with zero attached hydrogens (tertiary/aromatic N) is 3. The van der Waals surface area contributed by atoms with Crippen molar-refractivity contribution in [2.45, 2.75) is 38.1 Å². The van der Waals surface area contributed by atoms with Crippen molar-refractivity contribution >= 4 is 5.91 Å². The zero-order valence-corrected chi connectivity index (χ0v) is 17.3. The van der Waals surface area contributed by atoms with Crippen LogP contribution in [0.15, 0.2) is 59.5 Å². The fourth-order valence-corrected chi connectivity index (χ4v) is 5.23. The molecule has 0 radical (unpaired) electrons. The summed E-state index contributed by atoms with van der Waals surface area (Å²) in [5, 5.41) is 0. The highest BCUT2D eigenvalue weighted by Crippen LogP contribution is 2.44. The molecule has 1 aromatic carbocycles. The van der Waals surface area contributed by atoms with Crippen LogP contribution in [0.25, 0.3) is 0 Å². The van der Waals surface area contributed by atoms with Gasteiger partial charge in [0.2, 0.25) is 5.91 Å². The molecule has 0 saturated carbocycles. The Hall–Kier alpha value is -2.40. The number of hydrogen-bond donors (Lipinski definition) is 0. The Labute approximate surface area is 172 Å². The summed E-state index contributed by atoms with van der Waals surface area (Å²) in [7, 11) is 2.23. The topological polar surface area (TPSA) is 45.5 Å². The van der Waals surface area contributed by atoms with Gasteiger partial charge in [-0.1, -0.05) is 36.4 Å². The van der Waals surface area contributed by atoms with E-state index in [1.54, 1.807) is 16.8 Å². The number of aromatic nitrogens is 1. The van der Waals surface area contributed by atoms with Crippen LogP contribution in [0, 0.1) is 5.41 Å². The Morgan fingerprint density at radius 2 is 1.79 bits per heavy atom. The lowest BCUT2D eigenvalue weighted by Crippen LogP contribution is -2.51.